The van der Waals surface area contributed by atoms with Gasteiger partial charge in [-0.05, 0) is 17.7 Å². The number of nitrogens with one attached hydrogen (secondary N) is 1. The van der Waals surface area contributed by atoms with E-state index in [4.69, 9.17) is 4.74 Å². The summed E-state index contributed by atoms with van der Waals surface area (Å²) in [7, 11) is 1.54. The predicted molar refractivity (Wildman–Crippen MR) is 87.2 cm³/mol. The largest absolute Gasteiger partial charge is 0.507 e. The Balaban J connectivity index is 2.13. The Bertz CT molecular complexity index is 699. The first-order chi connectivity index (χ1) is 10.6. The molecule has 2 unspecified atom stereocenters. The number of amides is 1. The highest BCUT2D eigenvalue weighted by Crippen LogP contribution is 2.42. The van der Waals surface area contributed by atoms with Crippen LogP contribution in [0.15, 0.2) is 46.9 Å². The highest BCUT2D eigenvalue weighted by molar-refractivity contribution is 9.10. The van der Waals surface area contributed by atoms with Crippen molar-refractivity contribution in [2.24, 2.45) is 0 Å². The zero-order valence-electron chi connectivity index (χ0n) is 12.0. The van der Waals surface area contributed by atoms with Gasteiger partial charge in [-0.2, -0.15) is 0 Å². The zero-order chi connectivity index (χ0) is 15.7. The van der Waals surface area contributed by atoms with Gasteiger partial charge in [0.15, 0.2) is 0 Å². The van der Waals surface area contributed by atoms with Crippen molar-refractivity contribution in [3.8, 4) is 5.75 Å². The summed E-state index contributed by atoms with van der Waals surface area (Å²) in [6, 6.07) is 13.3. The maximum atomic E-state index is 12.0. The Labute approximate surface area is 137 Å². The molecule has 0 spiro atoms. The van der Waals surface area contributed by atoms with Crippen molar-refractivity contribution in [2.75, 3.05) is 13.7 Å². The van der Waals surface area contributed by atoms with Gasteiger partial charge in [0.2, 0.25) is 0 Å². The second-order valence-corrected chi connectivity index (χ2v) is 6.15. The van der Waals surface area contributed by atoms with Crippen LogP contribution in [0.25, 0.3) is 0 Å². The normalized spacial score (nSPS) is 17.8. The molecule has 2 atom stereocenters. The maximum absolute atomic E-state index is 12.0. The van der Waals surface area contributed by atoms with E-state index in [0.29, 0.717) is 12.2 Å². The molecule has 2 aromatic carbocycles. The third-order valence-corrected chi connectivity index (χ3v) is 4.26. The van der Waals surface area contributed by atoms with Gasteiger partial charge >= 0.3 is 0 Å². The molecule has 4 nitrogen and oxygen atoms in total. The predicted octanol–water partition coefficient (Wildman–Crippen LogP) is 3.05. The summed E-state index contributed by atoms with van der Waals surface area (Å²) in [6.45, 7) is 0.654. The van der Waals surface area contributed by atoms with Crippen molar-refractivity contribution in [2.45, 2.75) is 12.0 Å². The van der Waals surface area contributed by atoms with E-state index in [1.165, 1.54) is 0 Å². The van der Waals surface area contributed by atoms with Crippen molar-refractivity contribution in [1.29, 1.82) is 0 Å². The molecule has 2 aromatic rings. The number of rotatable bonds is 4. The molecule has 2 N–H and O–H groups in total. The summed E-state index contributed by atoms with van der Waals surface area (Å²) in [6.07, 6.45) is 0.0279. The summed E-state index contributed by atoms with van der Waals surface area (Å²) >= 11 is 3.42. The Hall–Kier alpha value is -1.85. The van der Waals surface area contributed by atoms with E-state index in [0.717, 1.165) is 10.0 Å². The summed E-state index contributed by atoms with van der Waals surface area (Å²) in [4.78, 5) is 12.0. The standard InChI is InChI=1S/C17H16BrNO3/c1-19-17(21)13-8-11(18)7-12(16(13)20)15(14-9-22-14)10-5-3-2-4-6-10/h2-8,14-15,20H,9H2,1H3,(H,19,21). The average molecular weight is 362 g/mol. The van der Waals surface area contributed by atoms with Gasteiger partial charge in [0, 0.05) is 23.0 Å². The lowest BCUT2D eigenvalue weighted by atomic mass is 9.87. The molecule has 0 saturated carbocycles. The van der Waals surface area contributed by atoms with Gasteiger partial charge in [-0.1, -0.05) is 46.3 Å². The maximum Gasteiger partial charge on any atom is 0.254 e. The monoisotopic (exact) mass is 361 g/mol. The van der Waals surface area contributed by atoms with Crippen LogP contribution in [0, 0.1) is 0 Å². The van der Waals surface area contributed by atoms with Crippen LogP contribution in [-0.4, -0.2) is 30.8 Å². The molecule has 1 aliphatic heterocycles. The van der Waals surface area contributed by atoms with E-state index in [-0.39, 0.29) is 29.2 Å². The highest BCUT2D eigenvalue weighted by atomic mass is 79.9. The number of phenolic OH excluding ortho intramolecular Hbond substituents is 1. The second-order valence-electron chi connectivity index (χ2n) is 5.23. The molecule has 1 amide bonds. The number of hydrogen-bond acceptors (Lipinski definition) is 3. The Morgan fingerprint density at radius 3 is 2.64 bits per heavy atom. The quantitative estimate of drug-likeness (QED) is 0.822. The van der Waals surface area contributed by atoms with Crippen molar-refractivity contribution in [3.63, 3.8) is 0 Å². The minimum atomic E-state index is -0.316. The van der Waals surface area contributed by atoms with Crippen LogP contribution in [0.4, 0.5) is 0 Å². The topological polar surface area (TPSA) is 61.9 Å². The van der Waals surface area contributed by atoms with Crippen LogP contribution < -0.4 is 5.32 Å². The number of ether oxygens (including phenoxy) is 1. The smallest absolute Gasteiger partial charge is 0.254 e. The lowest BCUT2D eigenvalue weighted by Gasteiger charge is -2.19. The van der Waals surface area contributed by atoms with E-state index in [2.05, 4.69) is 21.2 Å². The van der Waals surface area contributed by atoms with Gasteiger partial charge in [-0.25, -0.2) is 0 Å². The summed E-state index contributed by atoms with van der Waals surface area (Å²) in [5.74, 6) is -0.405. The molecule has 1 fully saturated rings. The summed E-state index contributed by atoms with van der Waals surface area (Å²) < 4.78 is 6.22. The molecule has 114 valence electrons. The zero-order valence-corrected chi connectivity index (χ0v) is 13.6. The molecule has 1 saturated heterocycles. The van der Waals surface area contributed by atoms with Crippen LogP contribution in [0.2, 0.25) is 0 Å². The third-order valence-electron chi connectivity index (χ3n) is 3.80. The highest BCUT2D eigenvalue weighted by Gasteiger charge is 2.37. The molecule has 22 heavy (non-hydrogen) atoms. The van der Waals surface area contributed by atoms with Crippen molar-refractivity contribution >= 4 is 21.8 Å². The molecule has 1 heterocycles. The molecule has 0 bridgehead atoms. The number of carbonyl (C=O) groups excluding carboxylic acids is 1. The Morgan fingerprint density at radius 2 is 2.05 bits per heavy atom. The van der Waals surface area contributed by atoms with Crippen LogP contribution >= 0.6 is 15.9 Å². The van der Waals surface area contributed by atoms with E-state index in [9.17, 15) is 9.90 Å². The first-order valence-electron chi connectivity index (χ1n) is 7.03. The number of epoxide rings is 1. The van der Waals surface area contributed by atoms with Crippen molar-refractivity contribution in [3.05, 3.63) is 63.6 Å². The molecule has 0 aliphatic carbocycles. The number of halogens is 1. The van der Waals surface area contributed by atoms with E-state index in [1.54, 1.807) is 13.1 Å². The van der Waals surface area contributed by atoms with E-state index < -0.39 is 0 Å². The van der Waals surface area contributed by atoms with Gasteiger partial charge in [-0.15, -0.1) is 0 Å². The van der Waals surface area contributed by atoms with Crippen LogP contribution in [0.3, 0.4) is 0 Å². The van der Waals surface area contributed by atoms with Gasteiger partial charge in [-0.3, -0.25) is 4.79 Å². The van der Waals surface area contributed by atoms with Gasteiger partial charge in [0.05, 0.1) is 18.3 Å². The second kappa shape index (κ2) is 6.10. The molecular formula is C17H16BrNO3. The third kappa shape index (κ3) is 2.87. The Kier molecular flexibility index (Phi) is 4.18. The Morgan fingerprint density at radius 1 is 1.36 bits per heavy atom. The summed E-state index contributed by atoms with van der Waals surface area (Å²) in [5, 5.41) is 13.1. The molecule has 1 aliphatic rings. The lowest BCUT2D eigenvalue weighted by Crippen LogP contribution is -2.19. The molecule has 5 heteroatoms. The SMILES string of the molecule is CNC(=O)c1cc(Br)cc(C(c2ccccc2)C2CO2)c1O. The van der Waals surface area contributed by atoms with Crippen molar-refractivity contribution < 1.29 is 14.6 Å². The van der Waals surface area contributed by atoms with Crippen LogP contribution in [0.1, 0.15) is 27.4 Å². The number of aromatic hydroxyl groups is 1. The molecule has 0 radical (unpaired) electrons. The number of hydrogen-bond donors (Lipinski definition) is 2. The number of phenols is 1. The van der Waals surface area contributed by atoms with Crippen LogP contribution in [-0.2, 0) is 4.74 Å². The lowest BCUT2D eigenvalue weighted by molar-refractivity contribution is 0.0960. The van der Waals surface area contributed by atoms with E-state index in [1.807, 2.05) is 36.4 Å². The fraction of sp³-hybridized carbons (Fsp3) is 0.235. The van der Waals surface area contributed by atoms with Crippen molar-refractivity contribution in [1.82, 2.24) is 5.32 Å². The number of benzene rings is 2. The minimum Gasteiger partial charge on any atom is -0.507 e. The number of carbonyl (C=O) groups is 1. The van der Waals surface area contributed by atoms with Crippen LogP contribution in [0.5, 0.6) is 5.75 Å². The first-order valence-corrected chi connectivity index (χ1v) is 7.82. The fourth-order valence-electron chi connectivity index (χ4n) is 2.67. The first kappa shape index (κ1) is 15.1. The fourth-order valence-corrected chi connectivity index (χ4v) is 3.14. The summed E-state index contributed by atoms with van der Waals surface area (Å²) in [5.41, 5.74) is 2.01. The van der Waals surface area contributed by atoms with Gasteiger partial charge in [0.1, 0.15) is 5.75 Å². The van der Waals surface area contributed by atoms with Gasteiger partial charge < -0.3 is 15.2 Å². The van der Waals surface area contributed by atoms with E-state index >= 15 is 0 Å². The minimum absolute atomic E-state index is 0.00639. The molecule has 3 rings (SSSR count). The molecular weight excluding hydrogens is 346 g/mol. The van der Waals surface area contributed by atoms with Gasteiger partial charge in [0.25, 0.3) is 5.91 Å². The molecule has 0 aromatic heterocycles. The average Bonchev–Trinajstić information content (AvgIpc) is 3.35.